The van der Waals surface area contributed by atoms with Crippen molar-refractivity contribution in [3.63, 3.8) is 0 Å². The Bertz CT molecular complexity index is 494. The molecule has 21 heavy (non-hydrogen) atoms. The SMILES string of the molecule is CCC(C)(C)C1CCC(Nc2cc(Br)c(F)cc2F)CC1. The lowest BCUT2D eigenvalue weighted by Crippen LogP contribution is -2.32. The van der Waals surface area contributed by atoms with Crippen LogP contribution in [0.3, 0.4) is 0 Å². The minimum atomic E-state index is -0.563. The summed E-state index contributed by atoms with van der Waals surface area (Å²) in [7, 11) is 0. The zero-order chi connectivity index (χ0) is 15.6. The first kappa shape index (κ1) is 16.7. The van der Waals surface area contributed by atoms with E-state index in [0.29, 0.717) is 15.6 Å². The van der Waals surface area contributed by atoms with Crippen molar-refractivity contribution in [2.75, 3.05) is 5.32 Å². The van der Waals surface area contributed by atoms with Crippen LogP contribution in [0.4, 0.5) is 14.5 Å². The molecule has 0 heterocycles. The van der Waals surface area contributed by atoms with Crippen LogP contribution >= 0.6 is 15.9 Å². The highest BCUT2D eigenvalue weighted by Crippen LogP contribution is 2.41. The van der Waals surface area contributed by atoms with E-state index in [9.17, 15) is 8.78 Å². The molecule has 0 aromatic heterocycles. The standard InChI is InChI=1S/C17H24BrF2N/c1-4-17(2,3)11-5-7-12(8-6-11)21-16-9-13(18)14(19)10-15(16)20/h9-12,21H,4-8H2,1-3H3. The van der Waals surface area contributed by atoms with Crippen LogP contribution in [0.15, 0.2) is 16.6 Å². The molecule has 2 rings (SSSR count). The number of anilines is 1. The summed E-state index contributed by atoms with van der Waals surface area (Å²) in [5.41, 5.74) is 0.774. The van der Waals surface area contributed by atoms with E-state index in [4.69, 9.17) is 0 Å². The van der Waals surface area contributed by atoms with Gasteiger partial charge >= 0.3 is 0 Å². The normalized spacial score (nSPS) is 23.1. The lowest BCUT2D eigenvalue weighted by molar-refractivity contribution is 0.147. The highest BCUT2D eigenvalue weighted by atomic mass is 79.9. The average Bonchev–Trinajstić information content (AvgIpc) is 2.45. The van der Waals surface area contributed by atoms with Crippen LogP contribution in [-0.2, 0) is 0 Å². The van der Waals surface area contributed by atoms with E-state index in [1.165, 1.54) is 25.3 Å². The Kier molecular flexibility index (Phi) is 5.29. The summed E-state index contributed by atoms with van der Waals surface area (Å²) in [5.74, 6) is -0.344. The lowest BCUT2D eigenvalue weighted by Gasteiger charge is -2.39. The first-order valence-corrected chi connectivity index (χ1v) is 8.54. The summed E-state index contributed by atoms with van der Waals surface area (Å²) in [5, 5.41) is 3.24. The number of benzene rings is 1. The molecule has 4 heteroatoms. The van der Waals surface area contributed by atoms with Crippen molar-refractivity contribution in [3.05, 3.63) is 28.2 Å². The minimum absolute atomic E-state index is 0.278. The van der Waals surface area contributed by atoms with Gasteiger partial charge in [-0.3, -0.25) is 0 Å². The zero-order valence-corrected chi connectivity index (χ0v) is 14.6. The highest BCUT2D eigenvalue weighted by molar-refractivity contribution is 9.10. The molecule has 1 nitrogen and oxygen atoms in total. The first-order valence-electron chi connectivity index (χ1n) is 7.74. The largest absolute Gasteiger partial charge is 0.380 e. The number of nitrogens with one attached hydrogen (secondary N) is 1. The molecular weight excluding hydrogens is 336 g/mol. The van der Waals surface area contributed by atoms with Crippen molar-refractivity contribution in [2.24, 2.45) is 11.3 Å². The van der Waals surface area contributed by atoms with Crippen molar-refractivity contribution in [3.8, 4) is 0 Å². The maximum Gasteiger partial charge on any atom is 0.149 e. The molecule has 1 aliphatic carbocycles. The molecule has 0 bridgehead atoms. The number of halogens is 3. The van der Waals surface area contributed by atoms with E-state index in [0.717, 1.165) is 24.8 Å². The predicted octanol–water partition coefficient (Wildman–Crippen LogP) is 6.13. The quantitative estimate of drug-likeness (QED) is 0.637. The van der Waals surface area contributed by atoms with Gasteiger partial charge in [0.1, 0.15) is 11.6 Å². The van der Waals surface area contributed by atoms with Gasteiger partial charge in [-0.2, -0.15) is 0 Å². The molecule has 118 valence electrons. The lowest BCUT2D eigenvalue weighted by atomic mass is 9.69. The third kappa shape index (κ3) is 3.97. The molecule has 0 amide bonds. The van der Waals surface area contributed by atoms with E-state index in [1.807, 2.05) is 0 Å². The van der Waals surface area contributed by atoms with Crippen LogP contribution in [0.5, 0.6) is 0 Å². The van der Waals surface area contributed by atoms with Crippen molar-refractivity contribution in [1.82, 2.24) is 0 Å². The van der Waals surface area contributed by atoms with Gasteiger partial charge in [-0.1, -0.05) is 27.2 Å². The van der Waals surface area contributed by atoms with Gasteiger partial charge in [0.05, 0.1) is 10.2 Å². The molecule has 0 unspecified atom stereocenters. The second-order valence-corrected chi connectivity index (χ2v) is 7.64. The van der Waals surface area contributed by atoms with Crippen molar-refractivity contribution >= 4 is 21.6 Å². The Morgan fingerprint density at radius 3 is 2.33 bits per heavy atom. The van der Waals surface area contributed by atoms with Gasteiger partial charge in [0.2, 0.25) is 0 Å². The monoisotopic (exact) mass is 359 g/mol. The fraction of sp³-hybridized carbons (Fsp3) is 0.647. The summed E-state index contributed by atoms with van der Waals surface area (Å²) in [6, 6.07) is 2.70. The summed E-state index contributed by atoms with van der Waals surface area (Å²) < 4.78 is 27.3. The third-order valence-corrected chi connectivity index (χ3v) is 5.72. The summed E-state index contributed by atoms with van der Waals surface area (Å²) in [6.45, 7) is 6.92. The molecule has 0 aliphatic heterocycles. The first-order chi connectivity index (χ1) is 9.83. The van der Waals surface area contributed by atoms with Gasteiger partial charge in [-0.25, -0.2) is 8.78 Å². The molecule has 1 aromatic carbocycles. The molecule has 1 aromatic rings. The fourth-order valence-electron chi connectivity index (χ4n) is 3.16. The summed E-state index contributed by atoms with van der Waals surface area (Å²) >= 11 is 3.11. The van der Waals surface area contributed by atoms with Crippen LogP contribution in [0.1, 0.15) is 52.9 Å². The van der Waals surface area contributed by atoms with Crippen LogP contribution < -0.4 is 5.32 Å². The molecule has 0 saturated heterocycles. The summed E-state index contributed by atoms with van der Waals surface area (Å²) in [4.78, 5) is 0. The second-order valence-electron chi connectivity index (χ2n) is 6.78. The minimum Gasteiger partial charge on any atom is -0.380 e. The average molecular weight is 360 g/mol. The summed E-state index contributed by atoms with van der Waals surface area (Å²) in [6.07, 6.45) is 5.62. The number of rotatable bonds is 4. The molecule has 1 saturated carbocycles. The van der Waals surface area contributed by atoms with Gasteiger partial charge in [0.25, 0.3) is 0 Å². The molecule has 0 radical (unpaired) electrons. The molecular formula is C17H24BrF2N. The Morgan fingerprint density at radius 1 is 1.14 bits per heavy atom. The van der Waals surface area contributed by atoms with E-state index >= 15 is 0 Å². The highest BCUT2D eigenvalue weighted by Gasteiger charge is 2.31. The fourth-order valence-corrected chi connectivity index (χ4v) is 3.50. The van der Waals surface area contributed by atoms with Gasteiger partial charge in [0, 0.05) is 12.1 Å². The second kappa shape index (κ2) is 6.64. The van der Waals surface area contributed by atoms with Crippen LogP contribution in [0, 0.1) is 23.0 Å². The smallest absolute Gasteiger partial charge is 0.149 e. The van der Waals surface area contributed by atoms with E-state index in [2.05, 4.69) is 42.0 Å². The Hall–Kier alpha value is -0.640. The third-order valence-electron chi connectivity index (χ3n) is 5.11. The van der Waals surface area contributed by atoms with Crippen LogP contribution in [0.2, 0.25) is 0 Å². The predicted molar refractivity (Wildman–Crippen MR) is 87.5 cm³/mol. The van der Waals surface area contributed by atoms with Gasteiger partial charge in [-0.05, 0) is 59.0 Å². The van der Waals surface area contributed by atoms with Gasteiger partial charge < -0.3 is 5.32 Å². The Morgan fingerprint density at radius 2 is 1.76 bits per heavy atom. The maximum absolute atomic E-state index is 13.8. The molecule has 0 atom stereocenters. The zero-order valence-electron chi connectivity index (χ0n) is 13.0. The van der Waals surface area contributed by atoms with Crippen LogP contribution in [0.25, 0.3) is 0 Å². The topological polar surface area (TPSA) is 12.0 Å². The van der Waals surface area contributed by atoms with Crippen LogP contribution in [-0.4, -0.2) is 6.04 Å². The van der Waals surface area contributed by atoms with E-state index in [-0.39, 0.29) is 6.04 Å². The van der Waals surface area contributed by atoms with Crippen molar-refractivity contribution in [2.45, 2.75) is 58.9 Å². The maximum atomic E-state index is 13.8. The van der Waals surface area contributed by atoms with Gasteiger partial charge in [0.15, 0.2) is 0 Å². The molecule has 1 aliphatic rings. The Balaban J connectivity index is 1.97. The number of hydrogen-bond donors (Lipinski definition) is 1. The van der Waals surface area contributed by atoms with Gasteiger partial charge in [-0.15, -0.1) is 0 Å². The molecule has 0 spiro atoms. The van der Waals surface area contributed by atoms with E-state index in [1.54, 1.807) is 0 Å². The molecule has 1 fully saturated rings. The Labute approximate surface area is 134 Å². The molecule has 1 N–H and O–H groups in total. The number of hydrogen-bond acceptors (Lipinski definition) is 1. The van der Waals surface area contributed by atoms with Crippen molar-refractivity contribution < 1.29 is 8.78 Å². The van der Waals surface area contributed by atoms with Crippen molar-refractivity contribution in [1.29, 1.82) is 0 Å². The van der Waals surface area contributed by atoms with E-state index < -0.39 is 11.6 Å².